The van der Waals surface area contributed by atoms with Crippen molar-refractivity contribution in [3.63, 3.8) is 0 Å². The predicted octanol–water partition coefficient (Wildman–Crippen LogP) is 5.12. The Kier molecular flexibility index (Phi) is 5.43. The quantitative estimate of drug-likeness (QED) is 0.424. The van der Waals surface area contributed by atoms with E-state index in [0.717, 1.165) is 5.69 Å². The molecule has 1 heterocycles. The molecular formula is C23H17ClN2O2S. The van der Waals surface area contributed by atoms with Crippen molar-refractivity contribution in [3.05, 3.63) is 95.5 Å². The van der Waals surface area contributed by atoms with Crippen molar-refractivity contribution in [2.24, 2.45) is 0 Å². The Balaban J connectivity index is 1.70. The van der Waals surface area contributed by atoms with E-state index in [1.54, 1.807) is 29.2 Å². The van der Waals surface area contributed by atoms with Crippen LogP contribution in [0.15, 0.2) is 84.9 Å². The number of anilines is 2. The van der Waals surface area contributed by atoms with Crippen LogP contribution in [0.1, 0.15) is 16.8 Å². The molecule has 4 nitrogen and oxygen atoms in total. The average molecular weight is 421 g/mol. The van der Waals surface area contributed by atoms with E-state index in [9.17, 15) is 9.59 Å². The number of para-hydroxylation sites is 2. The summed E-state index contributed by atoms with van der Waals surface area (Å²) in [5.74, 6) is -0.356. The van der Waals surface area contributed by atoms with Gasteiger partial charge in [0.25, 0.3) is 5.91 Å². The zero-order chi connectivity index (χ0) is 20.4. The molecule has 1 aliphatic rings. The van der Waals surface area contributed by atoms with E-state index in [0.29, 0.717) is 21.4 Å². The molecule has 4 rings (SSSR count). The van der Waals surface area contributed by atoms with Gasteiger partial charge in [-0.15, -0.1) is 0 Å². The van der Waals surface area contributed by atoms with Crippen molar-refractivity contribution in [1.82, 2.24) is 0 Å². The molecule has 3 aromatic rings. The second kappa shape index (κ2) is 8.15. The van der Waals surface area contributed by atoms with E-state index < -0.39 is 6.04 Å². The standard InChI is InChI=1S/C23H17ClN2O2S/c24-17-13-11-16(12-14-17)21(27)15-20-22(28)26(19-9-5-2-6-10-19)23(29)25(20)18-7-3-1-4-8-18/h1-14,20H,15H2/t20-/m1/s1. The zero-order valence-electron chi connectivity index (χ0n) is 15.4. The Morgan fingerprint density at radius 3 is 2.00 bits per heavy atom. The second-order valence-corrected chi connectivity index (χ2v) is 7.45. The minimum absolute atomic E-state index is 0.0127. The number of halogens is 1. The zero-order valence-corrected chi connectivity index (χ0v) is 16.9. The van der Waals surface area contributed by atoms with Crippen molar-refractivity contribution in [2.45, 2.75) is 12.5 Å². The molecule has 0 saturated carbocycles. The van der Waals surface area contributed by atoms with Crippen LogP contribution in [0.4, 0.5) is 11.4 Å². The SMILES string of the molecule is O=C(C[C@@H]1C(=O)N(c2ccccc2)C(=S)N1c1ccccc1)c1ccc(Cl)cc1. The number of carbonyl (C=O) groups is 2. The fourth-order valence-electron chi connectivity index (χ4n) is 3.40. The van der Waals surface area contributed by atoms with E-state index in [4.69, 9.17) is 23.8 Å². The highest BCUT2D eigenvalue weighted by Crippen LogP contribution is 2.32. The van der Waals surface area contributed by atoms with Crippen molar-refractivity contribution in [1.29, 1.82) is 0 Å². The van der Waals surface area contributed by atoms with Gasteiger partial charge in [0.15, 0.2) is 10.9 Å². The first-order valence-electron chi connectivity index (χ1n) is 9.12. The number of Topliss-reactive ketones (excluding diaryl/α,β-unsaturated/α-hetero) is 1. The van der Waals surface area contributed by atoms with Gasteiger partial charge in [-0.05, 0) is 60.7 Å². The fourth-order valence-corrected chi connectivity index (χ4v) is 3.95. The van der Waals surface area contributed by atoms with Gasteiger partial charge < -0.3 is 4.90 Å². The minimum atomic E-state index is -0.715. The molecule has 0 radical (unpaired) electrons. The molecule has 1 aliphatic heterocycles. The molecule has 0 aromatic heterocycles. The third-order valence-corrected chi connectivity index (χ3v) is 5.44. The van der Waals surface area contributed by atoms with Crippen molar-refractivity contribution >= 4 is 52.0 Å². The Labute approximate surface area is 179 Å². The maximum absolute atomic E-state index is 13.3. The molecule has 1 saturated heterocycles. The van der Waals surface area contributed by atoms with Gasteiger partial charge in [0.2, 0.25) is 0 Å². The number of hydrogen-bond donors (Lipinski definition) is 0. The summed E-state index contributed by atoms with van der Waals surface area (Å²) in [4.78, 5) is 29.5. The Bertz CT molecular complexity index is 1060. The highest BCUT2D eigenvalue weighted by atomic mass is 35.5. The Morgan fingerprint density at radius 1 is 0.862 bits per heavy atom. The van der Waals surface area contributed by atoms with Gasteiger partial charge in [-0.1, -0.05) is 48.0 Å². The number of benzene rings is 3. The summed E-state index contributed by atoms with van der Waals surface area (Å²) in [6.45, 7) is 0. The first kappa shape index (κ1) is 19.3. The second-order valence-electron chi connectivity index (χ2n) is 6.65. The molecule has 6 heteroatoms. The molecule has 3 aromatic carbocycles. The maximum Gasteiger partial charge on any atom is 0.256 e. The van der Waals surface area contributed by atoms with E-state index in [-0.39, 0.29) is 18.1 Å². The van der Waals surface area contributed by atoms with Crippen molar-refractivity contribution in [2.75, 3.05) is 9.80 Å². The average Bonchev–Trinajstić information content (AvgIpc) is 2.99. The summed E-state index contributed by atoms with van der Waals surface area (Å²) in [5.41, 5.74) is 1.97. The van der Waals surface area contributed by atoms with Crippen LogP contribution in [0.3, 0.4) is 0 Å². The molecule has 0 N–H and O–H groups in total. The molecule has 144 valence electrons. The fraction of sp³-hybridized carbons (Fsp3) is 0.0870. The lowest BCUT2D eigenvalue weighted by molar-refractivity contribution is -0.117. The third kappa shape index (κ3) is 3.79. The van der Waals surface area contributed by atoms with Crippen molar-refractivity contribution in [3.8, 4) is 0 Å². The summed E-state index contributed by atoms with van der Waals surface area (Å²) in [6.07, 6.45) is 0.0127. The van der Waals surface area contributed by atoms with Crippen LogP contribution >= 0.6 is 23.8 Å². The van der Waals surface area contributed by atoms with E-state index in [1.807, 2.05) is 60.7 Å². The molecule has 1 atom stereocenters. The first-order valence-corrected chi connectivity index (χ1v) is 9.91. The van der Waals surface area contributed by atoms with Gasteiger partial charge in [-0.2, -0.15) is 0 Å². The Morgan fingerprint density at radius 2 is 1.41 bits per heavy atom. The Hall–Kier alpha value is -3.02. The van der Waals surface area contributed by atoms with Crippen LogP contribution in [0.5, 0.6) is 0 Å². The van der Waals surface area contributed by atoms with Gasteiger partial charge in [0.1, 0.15) is 6.04 Å². The molecule has 0 aliphatic carbocycles. The van der Waals surface area contributed by atoms with Crippen LogP contribution < -0.4 is 9.80 Å². The highest BCUT2D eigenvalue weighted by molar-refractivity contribution is 7.81. The number of thiocarbonyl (C=S) groups is 1. The normalized spacial score (nSPS) is 16.4. The topological polar surface area (TPSA) is 40.6 Å². The number of nitrogens with zero attached hydrogens (tertiary/aromatic N) is 2. The van der Waals surface area contributed by atoms with E-state index >= 15 is 0 Å². The largest absolute Gasteiger partial charge is 0.305 e. The van der Waals surface area contributed by atoms with Gasteiger partial charge in [0.05, 0.1) is 5.69 Å². The lowest BCUT2D eigenvalue weighted by atomic mass is 10.0. The van der Waals surface area contributed by atoms with Crippen LogP contribution in [0, 0.1) is 0 Å². The summed E-state index contributed by atoms with van der Waals surface area (Å²) in [5, 5.41) is 0.919. The molecule has 0 spiro atoms. The molecule has 0 unspecified atom stereocenters. The predicted molar refractivity (Wildman–Crippen MR) is 120 cm³/mol. The number of carbonyl (C=O) groups excluding carboxylic acids is 2. The van der Waals surface area contributed by atoms with Gasteiger partial charge in [-0.3, -0.25) is 14.5 Å². The molecule has 29 heavy (non-hydrogen) atoms. The van der Waals surface area contributed by atoms with Gasteiger partial charge in [-0.25, -0.2) is 0 Å². The number of ketones is 1. The first-order chi connectivity index (χ1) is 14.1. The summed E-state index contributed by atoms with van der Waals surface area (Å²) in [6, 6.07) is 24.6. The minimum Gasteiger partial charge on any atom is -0.305 e. The smallest absolute Gasteiger partial charge is 0.256 e. The van der Waals surface area contributed by atoms with Gasteiger partial charge >= 0.3 is 0 Å². The molecule has 1 amide bonds. The molecule has 1 fully saturated rings. The maximum atomic E-state index is 13.3. The van der Waals surface area contributed by atoms with Crippen LogP contribution in [0.2, 0.25) is 5.02 Å². The van der Waals surface area contributed by atoms with Crippen LogP contribution in [-0.2, 0) is 4.79 Å². The number of amides is 1. The lowest BCUT2D eigenvalue weighted by Gasteiger charge is -2.23. The summed E-state index contributed by atoms with van der Waals surface area (Å²) < 4.78 is 0. The van der Waals surface area contributed by atoms with Crippen molar-refractivity contribution < 1.29 is 9.59 Å². The summed E-state index contributed by atoms with van der Waals surface area (Å²) >= 11 is 11.6. The third-order valence-electron chi connectivity index (χ3n) is 4.81. The molecular weight excluding hydrogens is 404 g/mol. The number of rotatable bonds is 5. The van der Waals surface area contributed by atoms with E-state index in [1.165, 1.54) is 4.90 Å². The van der Waals surface area contributed by atoms with Gasteiger partial charge in [0, 0.05) is 22.7 Å². The lowest BCUT2D eigenvalue weighted by Crippen LogP contribution is -2.36. The highest BCUT2D eigenvalue weighted by Gasteiger charge is 2.44. The number of hydrogen-bond acceptors (Lipinski definition) is 3. The van der Waals surface area contributed by atoms with Crippen LogP contribution in [0.25, 0.3) is 0 Å². The summed E-state index contributed by atoms with van der Waals surface area (Å²) in [7, 11) is 0. The molecule has 0 bridgehead atoms. The van der Waals surface area contributed by atoms with Crippen LogP contribution in [-0.4, -0.2) is 22.8 Å². The van der Waals surface area contributed by atoms with E-state index in [2.05, 4.69) is 0 Å². The monoisotopic (exact) mass is 420 g/mol.